The number of ether oxygens (including phenoxy) is 1. The van der Waals surface area contributed by atoms with Crippen molar-refractivity contribution < 1.29 is 9.53 Å². The number of carbonyl (C=O) groups excluding carboxylic acids is 1. The largest absolute Gasteiger partial charge is 0.496 e. The Morgan fingerprint density at radius 1 is 1.25 bits per heavy atom. The molecule has 0 aliphatic rings. The Hall–Kier alpha value is -2.83. The monoisotopic (exact) mass is 398 g/mol. The molecule has 1 amide bonds. The molecular weight excluding hydrogens is 376 g/mol. The topological polar surface area (TPSA) is 59.4 Å². The van der Waals surface area contributed by atoms with Gasteiger partial charge in [0.2, 0.25) is 5.91 Å². The first-order chi connectivity index (χ1) is 13.5. The van der Waals surface area contributed by atoms with Gasteiger partial charge >= 0.3 is 0 Å². The lowest BCUT2D eigenvalue weighted by Crippen LogP contribution is -2.34. The zero-order valence-electron chi connectivity index (χ0n) is 15.9. The number of hydrogen-bond acceptors (Lipinski definition) is 4. The van der Waals surface area contributed by atoms with Crippen LogP contribution in [0.2, 0.25) is 5.02 Å². The van der Waals surface area contributed by atoms with Crippen LogP contribution in [0.3, 0.4) is 0 Å². The van der Waals surface area contributed by atoms with Crippen LogP contribution in [0.1, 0.15) is 11.1 Å². The predicted molar refractivity (Wildman–Crippen MR) is 110 cm³/mol. The van der Waals surface area contributed by atoms with Gasteiger partial charge in [-0.25, -0.2) is 4.68 Å². The first-order valence-electron chi connectivity index (χ1n) is 8.92. The summed E-state index contributed by atoms with van der Waals surface area (Å²) in [5.74, 6) is 0.631. The third kappa shape index (κ3) is 5.34. The summed E-state index contributed by atoms with van der Waals surface area (Å²) in [5.41, 5.74) is 2.88. The lowest BCUT2D eigenvalue weighted by Gasteiger charge is -2.16. The van der Waals surface area contributed by atoms with E-state index in [1.807, 2.05) is 59.4 Å². The number of nitrogens with one attached hydrogen (secondary N) is 1. The standard InChI is InChI=1S/C21H23ClN4O2/c1-25(13-16-11-24-26(14-16)19-6-4-3-5-7-19)15-21(27)23-12-17-10-18(22)8-9-20(17)28-2/h3-11,14H,12-13,15H2,1-2H3,(H,23,27). The minimum atomic E-state index is -0.0695. The van der Waals surface area contributed by atoms with Crippen LogP contribution >= 0.6 is 11.6 Å². The van der Waals surface area contributed by atoms with E-state index in [1.54, 1.807) is 25.3 Å². The molecule has 0 saturated heterocycles. The number of para-hydroxylation sites is 1. The van der Waals surface area contributed by atoms with E-state index in [0.717, 1.165) is 16.8 Å². The van der Waals surface area contributed by atoms with Gasteiger partial charge in [-0.15, -0.1) is 0 Å². The van der Waals surface area contributed by atoms with Crippen LogP contribution in [-0.2, 0) is 17.9 Å². The molecule has 1 heterocycles. The second kappa shape index (κ2) is 9.39. The molecular formula is C21H23ClN4O2. The molecule has 3 aromatic rings. The Kier molecular flexibility index (Phi) is 6.68. The van der Waals surface area contributed by atoms with Gasteiger partial charge in [-0.05, 0) is 37.4 Å². The number of aromatic nitrogens is 2. The molecule has 0 saturated carbocycles. The molecule has 28 heavy (non-hydrogen) atoms. The maximum atomic E-state index is 12.3. The molecule has 3 rings (SSSR count). The van der Waals surface area contributed by atoms with Crippen molar-refractivity contribution in [1.82, 2.24) is 20.0 Å². The van der Waals surface area contributed by atoms with Gasteiger partial charge in [-0.1, -0.05) is 29.8 Å². The fourth-order valence-electron chi connectivity index (χ4n) is 2.91. The van der Waals surface area contributed by atoms with Gasteiger partial charge in [-0.2, -0.15) is 5.10 Å². The molecule has 0 fully saturated rings. The number of likely N-dealkylation sites (N-methyl/N-ethyl adjacent to an activating group) is 1. The molecule has 0 aliphatic carbocycles. The Labute approximate surface area is 169 Å². The summed E-state index contributed by atoms with van der Waals surface area (Å²) < 4.78 is 7.13. The molecule has 0 aliphatic heterocycles. The quantitative estimate of drug-likeness (QED) is 0.632. The second-order valence-corrected chi connectivity index (χ2v) is 6.97. The number of benzene rings is 2. The summed E-state index contributed by atoms with van der Waals surface area (Å²) in [4.78, 5) is 14.2. The number of carbonyl (C=O) groups is 1. The van der Waals surface area contributed by atoms with Gasteiger partial charge in [0.1, 0.15) is 5.75 Å². The summed E-state index contributed by atoms with van der Waals surface area (Å²) in [6.45, 7) is 1.27. The zero-order chi connectivity index (χ0) is 19.9. The fourth-order valence-corrected chi connectivity index (χ4v) is 3.11. The highest BCUT2D eigenvalue weighted by Gasteiger charge is 2.10. The molecule has 0 spiro atoms. The highest BCUT2D eigenvalue weighted by Crippen LogP contribution is 2.22. The van der Waals surface area contributed by atoms with Gasteiger partial charge in [0.25, 0.3) is 0 Å². The van der Waals surface area contributed by atoms with Crippen molar-refractivity contribution in [2.45, 2.75) is 13.1 Å². The van der Waals surface area contributed by atoms with Crippen LogP contribution < -0.4 is 10.1 Å². The lowest BCUT2D eigenvalue weighted by molar-refractivity contribution is -0.122. The van der Waals surface area contributed by atoms with E-state index >= 15 is 0 Å². The van der Waals surface area contributed by atoms with Crippen LogP contribution in [0.15, 0.2) is 60.9 Å². The number of nitrogens with zero attached hydrogens (tertiary/aromatic N) is 3. The van der Waals surface area contributed by atoms with Gasteiger partial charge in [0.15, 0.2) is 0 Å². The summed E-state index contributed by atoms with van der Waals surface area (Å²) in [5, 5.41) is 7.90. The number of rotatable bonds is 8. The first-order valence-corrected chi connectivity index (χ1v) is 9.29. The van der Waals surface area contributed by atoms with E-state index in [0.29, 0.717) is 23.9 Å². The van der Waals surface area contributed by atoms with Crippen molar-refractivity contribution >= 4 is 17.5 Å². The minimum Gasteiger partial charge on any atom is -0.496 e. The third-order valence-electron chi connectivity index (χ3n) is 4.24. The van der Waals surface area contributed by atoms with Crippen molar-refractivity contribution in [2.75, 3.05) is 20.7 Å². The van der Waals surface area contributed by atoms with E-state index in [-0.39, 0.29) is 12.5 Å². The van der Waals surface area contributed by atoms with Crippen LogP contribution in [-0.4, -0.2) is 41.3 Å². The zero-order valence-corrected chi connectivity index (χ0v) is 16.7. The minimum absolute atomic E-state index is 0.0695. The van der Waals surface area contributed by atoms with Gasteiger partial charge < -0.3 is 10.1 Å². The summed E-state index contributed by atoms with van der Waals surface area (Å²) >= 11 is 6.03. The van der Waals surface area contributed by atoms with Gasteiger partial charge in [0, 0.05) is 35.4 Å². The molecule has 2 aromatic carbocycles. The smallest absolute Gasteiger partial charge is 0.234 e. The van der Waals surface area contributed by atoms with Crippen LogP contribution in [0.4, 0.5) is 0 Å². The van der Waals surface area contributed by atoms with E-state index in [1.165, 1.54) is 0 Å². The normalized spacial score (nSPS) is 10.9. The highest BCUT2D eigenvalue weighted by atomic mass is 35.5. The van der Waals surface area contributed by atoms with Crippen molar-refractivity contribution in [1.29, 1.82) is 0 Å². The van der Waals surface area contributed by atoms with Gasteiger partial charge in [-0.3, -0.25) is 9.69 Å². The van der Waals surface area contributed by atoms with Crippen LogP contribution in [0.5, 0.6) is 5.75 Å². The average Bonchev–Trinajstić information content (AvgIpc) is 3.15. The SMILES string of the molecule is COc1ccc(Cl)cc1CNC(=O)CN(C)Cc1cnn(-c2ccccc2)c1. The van der Waals surface area contributed by atoms with Crippen LogP contribution in [0, 0.1) is 0 Å². The Balaban J connectivity index is 1.51. The van der Waals surface area contributed by atoms with Crippen LogP contribution in [0.25, 0.3) is 5.69 Å². The van der Waals surface area contributed by atoms with E-state index in [2.05, 4.69) is 10.4 Å². The van der Waals surface area contributed by atoms with Crippen molar-refractivity contribution in [2.24, 2.45) is 0 Å². The number of halogens is 1. The van der Waals surface area contributed by atoms with Crippen molar-refractivity contribution in [3.05, 3.63) is 77.1 Å². The molecule has 0 radical (unpaired) electrons. The highest BCUT2D eigenvalue weighted by molar-refractivity contribution is 6.30. The summed E-state index contributed by atoms with van der Waals surface area (Å²) in [6, 6.07) is 15.3. The maximum absolute atomic E-state index is 12.3. The predicted octanol–water partition coefficient (Wildman–Crippen LogP) is 3.28. The number of hydrogen-bond donors (Lipinski definition) is 1. The molecule has 146 valence electrons. The Morgan fingerprint density at radius 3 is 2.79 bits per heavy atom. The maximum Gasteiger partial charge on any atom is 0.234 e. The molecule has 0 unspecified atom stereocenters. The van der Waals surface area contributed by atoms with Gasteiger partial charge in [0.05, 0.1) is 25.5 Å². The molecule has 0 atom stereocenters. The Morgan fingerprint density at radius 2 is 2.04 bits per heavy atom. The molecule has 1 aromatic heterocycles. The average molecular weight is 399 g/mol. The lowest BCUT2D eigenvalue weighted by atomic mass is 10.2. The molecule has 6 nitrogen and oxygen atoms in total. The van der Waals surface area contributed by atoms with Crippen molar-refractivity contribution in [3.8, 4) is 11.4 Å². The van der Waals surface area contributed by atoms with Crippen molar-refractivity contribution in [3.63, 3.8) is 0 Å². The fraction of sp³-hybridized carbons (Fsp3) is 0.238. The number of methoxy groups -OCH3 is 1. The Bertz CT molecular complexity index is 927. The molecule has 1 N–H and O–H groups in total. The summed E-state index contributed by atoms with van der Waals surface area (Å²) in [7, 11) is 3.50. The third-order valence-corrected chi connectivity index (χ3v) is 4.48. The van der Waals surface area contributed by atoms with E-state index in [9.17, 15) is 4.79 Å². The number of amides is 1. The summed E-state index contributed by atoms with van der Waals surface area (Å²) in [6.07, 6.45) is 3.79. The van der Waals surface area contributed by atoms with E-state index in [4.69, 9.17) is 16.3 Å². The molecule has 0 bridgehead atoms. The second-order valence-electron chi connectivity index (χ2n) is 6.53. The van der Waals surface area contributed by atoms with E-state index < -0.39 is 0 Å². The first kappa shape index (κ1) is 19.9. The molecule has 7 heteroatoms.